The van der Waals surface area contributed by atoms with Crippen LogP contribution in [0.4, 0.5) is 14.5 Å². The summed E-state index contributed by atoms with van der Waals surface area (Å²) in [5.41, 5.74) is 5.68. The lowest BCUT2D eigenvalue weighted by Gasteiger charge is -2.32. The summed E-state index contributed by atoms with van der Waals surface area (Å²) >= 11 is 0. The molecule has 4 N–H and O–H groups in total. The summed E-state index contributed by atoms with van der Waals surface area (Å²) in [6, 6.07) is 6.01. The van der Waals surface area contributed by atoms with Crippen LogP contribution < -0.4 is 10.6 Å². The van der Waals surface area contributed by atoms with Gasteiger partial charge in [-0.3, -0.25) is 9.89 Å². The molecule has 4 rings (SSSR count). The number of carbonyl (C=O) groups excluding carboxylic acids is 1. The van der Waals surface area contributed by atoms with Gasteiger partial charge in [0.05, 0.1) is 34.6 Å². The Kier molecular flexibility index (Phi) is 4.27. The molecule has 1 aliphatic rings. The summed E-state index contributed by atoms with van der Waals surface area (Å²) in [6.45, 7) is 0.807. The van der Waals surface area contributed by atoms with E-state index in [4.69, 9.17) is 5.73 Å². The fourth-order valence-electron chi connectivity index (χ4n) is 3.48. The van der Waals surface area contributed by atoms with Crippen molar-refractivity contribution in [2.45, 2.75) is 18.9 Å². The van der Waals surface area contributed by atoms with Gasteiger partial charge in [0.25, 0.3) is 5.91 Å². The van der Waals surface area contributed by atoms with Crippen LogP contribution in [0.5, 0.6) is 0 Å². The van der Waals surface area contributed by atoms with Crippen molar-refractivity contribution in [3.05, 3.63) is 47.7 Å². The van der Waals surface area contributed by atoms with Crippen LogP contribution >= 0.6 is 0 Å². The molecule has 0 bridgehead atoms. The van der Waals surface area contributed by atoms with Crippen molar-refractivity contribution in [1.82, 2.24) is 10.2 Å². The normalized spacial score (nSPS) is 15.4. The number of aliphatic hydroxyl groups is 1. The van der Waals surface area contributed by atoms with Crippen molar-refractivity contribution in [2.75, 3.05) is 18.0 Å². The molecule has 1 saturated heterocycles. The average molecular weight is 372 g/mol. The number of aromatic amines is 1. The Bertz CT molecular complexity index is 1030. The number of carbonyl (C=O) groups is 1. The quantitative estimate of drug-likeness (QED) is 0.658. The van der Waals surface area contributed by atoms with Gasteiger partial charge in [-0.2, -0.15) is 5.10 Å². The maximum absolute atomic E-state index is 15.3. The van der Waals surface area contributed by atoms with Gasteiger partial charge in [-0.05, 0) is 30.5 Å². The van der Waals surface area contributed by atoms with Gasteiger partial charge in [-0.1, -0.05) is 12.1 Å². The van der Waals surface area contributed by atoms with E-state index >= 15 is 4.39 Å². The molecule has 2 aromatic carbocycles. The van der Waals surface area contributed by atoms with Crippen LogP contribution in [0, 0.1) is 11.6 Å². The zero-order valence-corrected chi connectivity index (χ0v) is 14.4. The fourth-order valence-corrected chi connectivity index (χ4v) is 3.48. The SMILES string of the molecule is NC(=O)c1cc(N2CCC(O)CC2)c(F)c(-c2ccc3cn[nH]c3c2)c1F. The first-order chi connectivity index (χ1) is 13.0. The third kappa shape index (κ3) is 3.02. The number of anilines is 1. The minimum absolute atomic E-state index is 0.108. The Labute approximate surface area is 153 Å². The number of aliphatic hydroxyl groups excluding tert-OH is 1. The second-order valence-electron chi connectivity index (χ2n) is 6.70. The zero-order valence-electron chi connectivity index (χ0n) is 14.4. The van der Waals surface area contributed by atoms with Gasteiger partial charge in [0.1, 0.15) is 5.82 Å². The van der Waals surface area contributed by atoms with Gasteiger partial charge < -0.3 is 15.7 Å². The van der Waals surface area contributed by atoms with Gasteiger partial charge in [0, 0.05) is 18.5 Å². The number of nitrogens with two attached hydrogens (primary N) is 1. The lowest BCUT2D eigenvalue weighted by molar-refractivity contribution is 0.0996. The maximum Gasteiger partial charge on any atom is 0.251 e. The Balaban J connectivity index is 1.90. The monoisotopic (exact) mass is 372 g/mol. The van der Waals surface area contributed by atoms with E-state index in [0.29, 0.717) is 31.4 Å². The molecule has 1 aliphatic heterocycles. The van der Waals surface area contributed by atoms with E-state index in [1.807, 2.05) is 0 Å². The highest BCUT2D eigenvalue weighted by Gasteiger charge is 2.27. The Hall–Kier alpha value is -3.00. The highest BCUT2D eigenvalue weighted by Crippen LogP contribution is 2.36. The van der Waals surface area contributed by atoms with Crippen molar-refractivity contribution in [2.24, 2.45) is 5.73 Å². The number of fused-ring (bicyclic) bond motifs is 1. The number of benzene rings is 2. The summed E-state index contributed by atoms with van der Waals surface area (Å²) in [5, 5.41) is 17.2. The smallest absolute Gasteiger partial charge is 0.251 e. The molecule has 3 aromatic rings. The maximum atomic E-state index is 15.3. The van der Waals surface area contributed by atoms with Crippen molar-refractivity contribution in [3.8, 4) is 11.1 Å². The molecule has 0 radical (unpaired) electrons. The first kappa shape index (κ1) is 17.4. The van der Waals surface area contributed by atoms with Gasteiger partial charge >= 0.3 is 0 Å². The molecular formula is C19H18F2N4O2. The van der Waals surface area contributed by atoms with Crippen LogP contribution in [0.1, 0.15) is 23.2 Å². The number of primary amides is 1. The number of aromatic nitrogens is 2. The fraction of sp³-hybridized carbons (Fsp3) is 0.263. The number of hydrogen-bond acceptors (Lipinski definition) is 4. The predicted octanol–water partition coefficient (Wildman–Crippen LogP) is 2.57. The zero-order chi connectivity index (χ0) is 19.1. The first-order valence-electron chi connectivity index (χ1n) is 8.64. The van der Waals surface area contributed by atoms with Crippen molar-refractivity contribution in [1.29, 1.82) is 0 Å². The summed E-state index contributed by atoms with van der Waals surface area (Å²) in [6.07, 6.45) is 2.11. The largest absolute Gasteiger partial charge is 0.393 e. The van der Waals surface area contributed by atoms with Gasteiger partial charge in [-0.15, -0.1) is 0 Å². The van der Waals surface area contributed by atoms with Crippen LogP contribution in [0.25, 0.3) is 22.0 Å². The number of halogens is 2. The third-order valence-corrected chi connectivity index (χ3v) is 4.98. The summed E-state index contributed by atoms with van der Waals surface area (Å²) < 4.78 is 30.3. The second-order valence-corrected chi connectivity index (χ2v) is 6.70. The van der Waals surface area contributed by atoms with E-state index in [1.165, 1.54) is 0 Å². The summed E-state index contributed by atoms with van der Waals surface area (Å²) in [5.74, 6) is -2.71. The van der Waals surface area contributed by atoms with Crippen LogP contribution in [0.15, 0.2) is 30.5 Å². The number of amides is 1. The summed E-state index contributed by atoms with van der Waals surface area (Å²) in [4.78, 5) is 13.5. The molecule has 6 nitrogen and oxygen atoms in total. The molecule has 2 heterocycles. The molecule has 0 saturated carbocycles. The highest BCUT2D eigenvalue weighted by atomic mass is 19.1. The Morgan fingerprint density at radius 1 is 1.22 bits per heavy atom. The molecular weight excluding hydrogens is 354 g/mol. The number of rotatable bonds is 3. The van der Waals surface area contributed by atoms with E-state index in [0.717, 1.165) is 11.5 Å². The molecule has 1 fully saturated rings. The molecule has 0 atom stereocenters. The summed E-state index contributed by atoms with van der Waals surface area (Å²) in [7, 11) is 0. The third-order valence-electron chi connectivity index (χ3n) is 4.98. The molecule has 27 heavy (non-hydrogen) atoms. The van der Waals surface area contributed by atoms with Crippen LogP contribution in [-0.4, -0.2) is 40.4 Å². The predicted molar refractivity (Wildman–Crippen MR) is 97.4 cm³/mol. The van der Waals surface area contributed by atoms with Gasteiger partial charge in [0.15, 0.2) is 5.82 Å². The Morgan fingerprint density at radius 2 is 1.96 bits per heavy atom. The number of H-pyrrole nitrogens is 1. The van der Waals surface area contributed by atoms with E-state index in [9.17, 15) is 14.3 Å². The first-order valence-corrected chi connectivity index (χ1v) is 8.64. The van der Waals surface area contributed by atoms with Crippen molar-refractivity contribution < 1.29 is 18.7 Å². The molecule has 8 heteroatoms. The number of nitrogens with one attached hydrogen (secondary N) is 1. The highest BCUT2D eigenvalue weighted by molar-refractivity contribution is 5.97. The minimum atomic E-state index is -0.986. The standard InChI is InChI=1S/C19H18F2N4O2/c20-17-13(19(22)27)8-15(25-5-3-12(26)4-6-25)18(21)16(17)10-1-2-11-9-23-24-14(11)7-10/h1-2,7-9,12,26H,3-6H2,(H2,22,27)(H,23,24). The van der Waals surface area contributed by atoms with E-state index < -0.39 is 23.6 Å². The minimum Gasteiger partial charge on any atom is -0.393 e. The van der Waals surface area contributed by atoms with E-state index in [1.54, 1.807) is 29.3 Å². The molecule has 140 valence electrons. The lowest BCUT2D eigenvalue weighted by atomic mass is 9.97. The number of hydrogen-bond donors (Lipinski definition) is 3. The second kappa shape index (κ2) is 6.62. The molecule has 1 amide bonds. The van der Waals surface area contributed by atoms with Crippen molar-refractivity contribution >= 4 is 22.5 Å². The number of piperidine rings is 1. The van der Waals surface area contributed by atoms with Crippen LogP contribution in [0.2, 0.25) is 0 Å². The van der Waals surface area contributed by atoms with Gasteiger partial charge in [-0.25, -0.2) is 8.78 Å². The lowest BCUT2D eigenvalue weighted by Crippen LogP contribution is -2.36. The van der Waals surface area contributed by atoms with E-state index in [2.05, 4.69) is 10.2 Å². The molecule has 0 spiro atoms. The van der Waals surface area contributed by atoms with Gasteiger partial charge in [0.2, 0.25) is 0 Å². The molecule has 1 aromatic heterocycles. The topological polar surface area (TPSA) is 95.2 Å². The Morgan fingerprint density at radius 3 is 2.67 bits per heavy atom. The molecule has 0 unspecified atom stereocenters. The van der Waals surface area contributed by atoms with E-state index in [-0.39, 0.29) is 22.4 Å². The van der Waals surface area contributed by atoms with Crippen LogP contribution in [-0.2, 0) is 0 Å². The number of nitrogens with zero attached hydrogens (tertiary/aromatic N) is 2. The van der Waals surface area contributed by atoms with Crippen LogP contribution in [0.3, 0.4) is 0 Å². The van der Waals surface area contributed by atoms with Crippen molar-refractivity contribution in [3.63, 3.8) is 0 Å². The molecule has 0 aliphatic carbocycles. The average Bonchev–Trinajstić information content (AvgIpc) is 3.10.